The zero-order chi connectivity index (χ0) is 21.3. The van der Waals surface area contributed by atoms with E-state index < -0.39 is 5.97 Å². The molecule has 6 heteroatoms. The Morgan fingerprint density at radius 2 is 1.70 bits per heavy atom. The molecule has 0 unspecified atom stereocenters. The van der Waals surface area contributed by atoms with Gasteiger partial charge in [0.15, 0.2) is 0 Å². The van der Waals surface area contributed by atoms with Crippen LogP contribution >= 0.6 is 22.6 Å². The number of hydrogen-bond donors (Lipinski definition) is 1. The molecule has 5 nitrogen and oxygen atoms in total. The van der Waals surface area contributed by atoms with Crippen LogP contribution in [-0.2, 0) is 0 Å². The second-order valence-corrected chi connectivity index (χ2v) is 8.11. The highest BCUT2D eigenvalue weighted by molar-refractivity contribution is 14.1. The van der Waals surface area contributed by atoms with Crippen LogP contribution in [0.2, 0.25) is 0 Å². The summed E-state index contributed by atoms with van der Waals surface area (Å²) in [6.07, 6.45) is 3.70. The number of hydrogen-bond acceptors (Lipinski definition) is 3. The van der Waals surface area contributed by atoms with Crippen LogP contribution in [-0.4, -0.2) is 20.6 Å². The Balaban J connectivity index is 1.92. The van der Waals surface area contributed by atoms with Gasteiger partial charge in [-0.05, 0) is 83.6 Å². The Bertz CT molecular complexity index is 1340. The lowest BCUT2D eigenvalue weighted by Crippen LogP contribution is -2.22. The average molecular weight is 508 g/mol. The van der Waals surface area contributed by atoms with Gasteiger partial charge in [-0.2, -0.15) is 0 Å². The summed E-state index contributed by atoms with van der Waals surface area (Å²) in [5.41, 5.74) is 3.28. The number of carboxylic acids is 1. The van der Waals surface area contributed by atoms with Crippen molar-refractivity contribution in [2.24, 2.45) is 0 Å². The van der Waals surface area contributed by atoms with Gasteiger partial charge in [-0.1, -0.05) is 35.9 Å². The third-order valence-electron chi connectivity index (χ3n) is 4.73. The first-order valence-electron chi connectivity index (χ1n) is 9.23. The number of benzene rings is 3. The van der Waals surface area contributed by atoms with Gasteiger partial charge in [-0.15, -0.1) is 0 Å². The molecule has 4 rings (SSSR count). The normalized spacial score (nSPS) is 11.3. The van der Waals surface area contributed by atoms with E-state index in [1.54, 1.807) is 24.3 Å². The highest BCUT2D eigenvalue weighted by Gasteiger charge is 2.12. The van der Waals surface area contributed by atoms with Crippen molar-refractivity contribution in [3.63, 3.8) is 0 Å². The van der Waals surface area contributed by atoms with Crippen molar-refractivity contribution >= 4 is 51.6 Å². The molecule has 0 radical (unpaired) electrons. The quantitative estimate of drug-likeness (QED) is 0.387. The molecule has 0 aliphatic rings. The summed E-state index contributed by atoms with van der Waals surface area (Å²) in [4.78, 5) is 29.2. The van der Waals surface area contributed by atoms with Gasteiger partial charge in [0.1, 0.15) is 5.82 Å². The van der Waals surface area contributed by atoms with E-state index in [0.29, 0.717) is 22.4 Å². The summed E-state index contributed by atoms with van der Waals surface area (Å²) in [6.45, 7) is 2.03. The molecule has 0 bridgehead atoms. The molecule has 0 atom stereocenters. The first-order valence-corrected chi connectivity index (χ1v) is 10.3. The minimum atomic E-state index is -1.01. The summed E-state index contributed by atoms with van der Waals surface area (Å²) in [5.74, 6) is -0.545. The lowest BCUT2D eigenvalue weighted by atomic mass is 10.1. The number of fused-ring (bicyclic) bond motifs is 1. The molecule has 3 aromatic carbocycles. The fourth-order valence-corrected chi connectivity index (χ4v) is 3.63. The lowest BCUT2D eigenvalue weighted by molar-refractivity contribution is 0.0697. The minimum absolute atomic E-state index is 0.159. The first-order chi connectivity index (χ1) is 14.4. The third kappa shape index (κ3) is 4.04. The van der Waals surface area contributed by atoms with E-state index in [4.69, 9.17) is 10.1 Å². The maximum absolute atomic E-state index is 13.3. The van der Waals surface area contributed by atoms with Crippen molar-refractivity contribution in [1.29, 1.82) is 0 Å². The molecule has 30 heavy (non-hydrogen) atoms. The van der Waals surface area contributed by atoms with Gasteiger partial charge in [0.25, 0.3) is 5.56 Å². The molecule has 1 heterocycles. The highest BCUT2D eigenvalue weighted by Crippen LogP contribution is 2.18. The second kappa shape index (κ2) is 8.23. The van der Waals surface area contributed by atoms with Crippen molar-refractivity contribution in [2.45, 2.75) is 6.92 Å². The smallest absolute Gasteiger partial charge is 0.335 e. The van der Waals surface area contributed by atoms with Crippen molar-refractivity contribution < 1.29 is 9.90 Å². The standard InChI is InChI=1S/C24H17IN2O3/c1-15-2-4-16(5-3-15)6-13-22-26-21-12-9-18(25)14-20(21)23(28)27(22)19-10-7-17(8-11-19)24(29)30/h2-14H,1H3,(H,29,30)/b13-6+. The van der Waals surface area contributed by atoms with Crippen LogP contribution in [0.1, 0.15) is 27.3 Å². The Hall–Kier alpha value is -3.26. The largest absolute Gasteiger partial charge is 0.478 e. The van der Waals surface area contributed by atoms with E-state index in [2.05, 4.69) is 22.6 Å². The molecular formula is C24H17IN2O3. The molecule has 0 aliphatic carbocycles. The van der Waals surface area contributed by atoms with Crippen LogP contribution in [0.25, 0.3) is 28.7 Å². The van der Waals surface area contributed by atoms with Crippen molar-refractivity contribution in [3.8, 4) is 5.69 Å². The fourth-order valence-electron chi connectivity index (χ4n) is 3.14. The topological polar surface area (TPSA) is 72.2 Å². The molecule has 0 spiro atoms. The van der Waals surface area contributed by atoms with E-state index in [1.165, 1.54) is 22.3 Å². The van der Waals surface area contributed by atoms with Gasteiger partial charge < -0.3 is 5.11 Å². The zero-order valence-electron chi connectivity index (χ0n) is 16.0. The van der Waals surface area contributed by atoms with E-state index in [9.17, 15) is 9.59 Å². The summed E-state index contributed by atoms with van der Waals surface area (Å²) in [5, 5.41) is 9.68. The molecule has 0 amide bonds. The molecule has 0 saturated carbocycles. The maximum atomic E-state index is 13.3. The van der Waals surface area contributed by atoms with Crippen molar-refractivity contribution in [3.05, 3.63) is 103 Å². The molecule has 4 aromatic rings. The maximum Gasteiger partial charge on any atom is 0.335 e. The predicted molar refractivity (Wildman–Crippen MR) is 127 cm³/mol. The third-order valence-corrected chi connectivity index (χ3v) is 5.40. The number of carbonyl (C=O) groups is 1. The Labute approximate surface area is 186 Å². The fraction of sp³-hybridized carbons (Fsp3) is 0.0417. The van der Waals surface area contributed by atoms with Crippen molar-refractivity contribution in [2.75, 3.05) is 0 Å². The van der Waals surface area contributed by atoms with Gasteiger partial charge >= 0.3 is 5.97 Å². The van der Waals surface area contributed by atoms with E-state index in [0.717, 1.165) is 9.13 Å². The summed E-state index contributed by atoms with van der Waals surface area (Å²) >= 11 is 2.16. The minimum Gasteiger partial charge on any atom is -0.478 e. The number of aryl methyl sites for hydroxylation is 1. The van der Waals surface area contributed by atoms with Crippen LogP contribution in [0.15, 0.2) is 71.5 Å². The van der Waals surface area contributed by atoms with Gasteiger partial charge in [-0.3, -0.25) is 9.36 Å². The zero-order valence-corrected chi connectivity index (χ0v) is 18.2. The predicted octanol–water partition coefficient (Wildman–Crippen LogP) is 5.17. The van der Waals surface area contributed by atoms with Gasteiger partial charge in [0, 0.05) is 3.57 Å². The molecule has 0 aliphatic heterocycles. The number of aromatic carboxylic acids is 1. The van der Waals surface area contributed by atoms with Gasteiger partial charge in [0.05, 0.1) is 22.2 Å². The van der Waals surface area contributed by atoms with Crippen LogP contribution < -0.4 is 5.56 Å². The molecule has 1 aromatic heterocycles. The van der Waals surface area contributed by atoms with Gasteiger partial charge in [-0.25, -0.2) is 9.78 Å². The Morgan fingerprint density at radius 1 is 1.00 bits per heavy atom. The first kappa shape index (κ1) is 20.0. The van der Waals surface area contributed by atoms with Crippen LogP contribution in [0.3, 0.4) is 0 Å². The van der Waals surface area contributed by atoms with E-state index in [1.807, 2.05) is 49.4 Å². The summed E-state index contributed by atoms with van der Waals surface area (Å²) in [6, 6.07) is 19.8. The number of nitrogens with zero attached hydrogens (tertiary/aromatic N) is 2. The highest BCUT2D eigenvalue weighted by atomic mass is 127. The molecule has 1 N–H and O–H groups in total. The number of carboxylic acid groups (broad SMARTS) is 1. The monoisotopic (exact) mass is 508 g/mol. The van der Waals surface area contributed by atoms with Crippen molar-refractivity contribution in [1.82, 2.24) is 9.55 Å². The molecule has 0 saturated heterocycles. The molecular weight excluding hydrogens is 491 g/mol. The average Bonchev–Trinajstić information content (AvgIpc) is 2.74. The number of halogens is 1. The van der Waals surface area contributed by atoms with E-state index in [-0.39, 0.29) is 11.1 Å². The molecule has 148 valence electrons. The van der Waals surface area contributed by atoms with Crippen LogP contribution in [0.4, 0.5) is 0 Å². The molecule has 0 fully saturated rings. The SMILES string of the molecule is Cc1ccc(/C=C/c2nc3ccc(I)cc3c(=O)n2-c2ccc(C(=O)O)cc2)cc1. The van der Waals surface area contributed by atoms with Crippen LogP contribution in [0.5, 0.6) is 0 Å². The Morgan fingerprint density at radius 3 is 2.37 bits per heavy atom. The van der Waals surface area contributed by atoms with Gasteiger partial charge in [0.2, 0.25) is 0 Å². The second-order valence-electron chi connectivity index (χ2n) is 6.87. The number of rotatable bonds is 4. The van der Waals surface area contributed by atoms with Crippen LogP contribution in [0, 0.1) is 10.5 Å². The number of aromatic nitrogens is 2. The summed E-state index contributed by atoms with van der Waals surface area (Å²) in [7, 11) is 0. The summed E-state index contributed by atoms with van der Waals surface area (Å²) < 4.78 is 2.45. The van der Waals surface area contributed by atoms with E-state index >= 15 is 0 Å². The lowest BCUT2D eigenvalue weighted by Gasteiger charge is -2.12. The Kier molecular flexibility index (Phi) is 5.50.